The second kappa shape index (κ2) is 7.15. The van der Waals surface area contributed by atoms with Gasteiger partial charge in [0.05, 0.1) is 6.54 Å². The van der Waals surface area contributed by atoms with Crippen LogP contribution in [0.5, 0.6) is 0 Å². The van der Waals surface area contributed by atoms with E-state index in [-0.39, 0.29) is 6.09 Å². The number of carbonyl (C=O) groups is 1. The molecule has 7 heteroatoms. The summed E-state index contributed by atoms with van der Waals surface area (Å²) < 4.78 is 10.9. The highest BCUT2D eigenvalue weighted by atomic mass is 16.6. The van der Waals surface area contributed by atoms with Gasteiger partial charge in [-0.25, -0.2) is 9.79 Å². The van der Waals surface area contributed by atoms with Crippen molar-refractivity contribution in [2.24, 2.45) is 10.7 Å². The van der Waals surface area contributed by atoms with E-state index in [0.717, 1.165) is 17.1 Å². The fraction of sp³-hybridized carbons (Fsp3) is 0.647. The van der Waals surface area contributed by atoms with Crippen molar-refractivity contribution in [3.63, 3.8) is 0 Å². The van der Waals surface area contributed by atoms with E-state index in [1.165, 1.54) is 0 Å². The summed E-state index contributed by atoms with van der Waals surface area (Å²) in [7, 11) is 0. The van der Waals surface area contributed by atoms with Crippen LogP contribution in [0.3, 0.4) is 0 Å². The Kier molecular flexibility index (Phi) is 5.41. The molecule has 0 saturated carbocycles. The third-order valence-corrected chi connectivity index (χ3v) is 3.81. The normalized spacial score (nSPS) is 16.5. The highest BCUT2D eigenvalue weighted by Crippen LogP contribution is 2.15. The number of piperazine rings is 1. The average Bonchev–Trinajstić information content (AvgIpc) is 2.81. The standard InChI is InChI=1S/C17H28N4O3/c1-12-10-14(13(2)23-12)11-19-15(18)20-6-8-21(9-7-20)16(22)24-17(3,4)5/h10H,6-9,11H2,1-5H3,(H2,18,19). The molecule has 1 fully saturated rings. The number of hydrogen-bond acceptors (Lipinski definition) is 4. The van der Waals surface area contributed by atoms with Gasteiger partial charge in [-0.3, -0.25) is 0 Å². The van der Waals surface area contributed by atoms with Gasteiger partial charge in [0.15, 0.2) is 5.96 Å². The molecular formula is C17H28N4O3. The van der Waals surface area contributed by atoms with Crippen molar-refractivity contribution in [2.75, 3.05) is 26.2 Å². The van der Waals surface area contributed by atoms with Crippen molar-refractivity contribution in [3.8, 4) is 0 Å². The Morgan fingerprint density at radius 3 is 2.33 bits per heavy atom. The van der Waals surface area contributed by atoms with Crippen LogP contribution in [-0.2, 0) is 11.3 Å². The molecule has 0 atom stereocenters. The van der Waals surface area contributed by atoms with E-state index in [1.807, 2.05) is 45.6 Å². The molecule has 1 aliphatic rings. The molecule has 0 radical (unpaired) electrons. The Bertz CT molecular complexity index is 608. The SMILES string of the molecule is Cc1cc(CN=C(N)N2CCN(C(=O)OC(C)(C)C)CC2)c(C)o1. The van der Waals surface area contributed by atoms with E-state index in [9.17, 15) is 4.79 Å². The van der Waals surface area contributed by atoms with Crippen LogP contribution >= 0.6 is 0 Å². The van der Waals surface area contributed by atoms with Crippen LogP contribution < -0.4 is 5.73 Å². The summed E-state index contributed by atoms with van der Waals surface area (Å²) in [5.41, 5.74) is 6.65. The van der Waals surface area contributed by atoms with Gasteiger partial charge < -0.3 is 24.7 Å². The first-order chi connectivity index (χ1) is 11.2. The lowest BCUT2D eigenvalue weighted by Gasteiger charge is -2.36. The van der Waals surface area contributed by atoms with Gasteiger partial charge in [-0.05, 0) is 40.7 Å². The molecule has 0 spiro atoms. The number of ether oxygens (including phenoxy) is 1. The molecule has 0 aliphatic carbocycles. The molecular weight excluding hydrogens is 308 g/mol. The first-order valence-corrected chi connectivity index (χ1v) is 8.24. The molecule has 134 valence electrons. The number of carbonyl (C=O) groups excluding carboxylic acids is 1. The molecule has 7 nitrogen and oxygen atoms in total. The number of nitrogens with zero attached hydrogens (tertiary/aromatic N) is 3. The molecule has 24 heavy (non-hydrogen) atoms. The Morgan fingerprint density at radius 2 is 1.83 bits per heavy atom. The maximum Gasteiger partial charge on any atom is 0.410 e. The minimum atomic E-state index is -0.477. The van der Waals surface area contributed by atoms with E-state index in [4.69, 9.17) is 14.9 Å². The maximum atomic E-state index is 12.1. The zero-order valence-electron chi connectivity index (χ0n) is 15.3. The fourth-order valence-corrected chi connectivity index (χ4v) is 2.55. The van der Waals surface area contributed by atoms with Gasteiger partial charge in [-0.15, -0.1) is 0 Å². The first-order valence-electron chi connectivity index (χ1n) is 8.24. The molecule has 2 N–H and O–H groups in total. The molecule has 1 aromatic heterocycles. The quantitative estimate of drug-likeness (QED) is 0.661. The van der Waals surface area contributed by atoms with Gasteiger partial charge in [0, 0.05) is 31.7 Å². The number of amides is 1. The molecule has 0 unspecified atom stereocenters. The summed E-state index contributed by atoms with van der Waals surface area (Å²) in [5, 5.41) is 0. The Morgan fingerprint density at radius 1 is 1.25 bits per heavy atom. The predicted octanol–water partition coefficient (Wildman–Crippen LogP) is 2.26. The van der Waals surface area contributed by atoms with E-state index < -0.39 is 5.60 Å². The highest BCUT2D eigenvalue weighted by molar-refractivity contribution is 5.78. The summed E-state index contributed by atoms with van der Waals surface area (Å²) in [6, 6.07) is 1.98. The van der Waals surface area contributed by atoms with E-state index in [0.29, 0.717) is 38.7 Å². The van der Waals surface area contributed by atoms with Crippen molar-refractivity contribution in [1.29, 1.82) is 0 Å². The smallest absolute Gasteiger partial charge is 0.410 e. The molecule has 0 bridgehead atoms. The number of guanidine groups is 1. The van der Waals surface area contributed by atoms with Crippen molar-refractivity contribution in [1.82, 2.24) is 9.80 Å². The Labute approximate surface area is 143 Å². The Hall–Kier alpha value is -2.18. The lowest BCUT2D eigenvalue weighted by Crippen LogP contribution is -2.53. The number of aliphatic imine (C=N–C) groups is 1. The topological polar surface area (TPSA) is 84.3 Å². The summed E-state index contributed by atoms with van der Waals surface area (Å²) in [5.74, 6) is 2.25. The van der Waals surface area contributed by atoms with Crippen LogP contribution in [0.4, 0.5) is 4.79 Å². The fourth-order valence-electron chi connectivity index (χ4n) is 2.55. The summed E-state index contributed by atoms with van der Waals surface area (Å²) in [6.07, 6.45) is -0.276. The lowest BCUT2D eigenvalue weighted by molar-refractivity contribution is 0.0186. The molecule has 1 aliphatic heterocycles. The monoisotopic (exact) mass is 336 g/mol. The average molecular weight is 336 g/mol. The summed E-state index contributed by atoms with van der Waals surface area (Å²) in [4.78, 5) is 20.2. The summed E-state index contributed by atoms with van der Waals surface area (Å²) in [6.45, 7) is 12.4. The maximum absolute atomic E-state index is 12.1. The minimum absolute atomic E-state index is 0.276. The lowest BCUT2D eigenvalue weighted by atomic mass is 10.2. The number of hydrogen-bond donors (Lipinski definition) is 1. The molecule has 2 heterocycles. The number of aryl methyl sites for hydroxylation is 2. The van der Waals surface area contributed by atoms with Gasteiger partial charge in [0.1, 0.15) is 17.1 Å². The van der Waals surface area contributed by atoms with Crippen molar-refractivity contribution >= 4 is 12.1 Å². The van der Waals surface area contributed by atoms with Gasteiger partial charge >= 0.3 is 6.09 Å². The van der Waals surface area contributed by atoms with Gasteiger partial charge in [0.25, 0.3) is 0 Å². The molecule has 0 aromatic carbocycles. The molecule has 1 aromatic rings. The second-order valence-corrected chi connectivity index (χ2v) is 7.07. The second-order valence-electron chi connectivity index (χ2n) is 7.07. The molecule has 1 saturated heterocycles. The van der Waals surface area contributed by atoms with Crippen LogP contribution in [0.2, 0.25) is 0 Å². The van der Waals surface area contributed by atoms with Gasteiger partial charge in [-0.2, -0.15) is 0 Å². The minimum Gasteiger partial charge on any atom is -0.466 e. The first kappa shape index (κ1) is 18.2. The van der Waals surface area contributed by atoms with Crippen LogP contribution in [0.25, 0.3) is 0 Å². The van der Waals surface area contributed by atoms with E-state index in [1.54, 1.807) is 4.90 Å². The van der Waals surface area contributed by atoms with Gasteiger partial charge in [0.2, 0.25) is 0 Å². The predicted molar refractivity (Wildman–Crippen MR) is 92.9 cm³/mol. The number of furan rings is 1. The molecule has 2 rings (SSSR count). The zero-order valence-corrected chi connectivity index (χ0v) is 15.3. The largest absolute Gasteiger partial charge is 0.466 e. The third-order valence-electron chi connectivity index (χ3n) is 3.81. The van der Waals surface area contributed by atoms with E-state index in [2.05, 4.69) is 4.99 Å². The van der Waals surface area contributed by atoms with Crippen LogP contribution in [0.15, 0.2) is 15.5 Å². The number of nitrogens with two attached hydrogens (primary N) is 1. The van der Waals surface area contributed by atoms with Crippen molar-refractivity contribution < 1.29 is 13.9 Å². The van der Waals surface area contributed by atoms with Crippen molar-refractivity contribution in [3.05, 3.63) is 23.2 Å². The van der Waals surface area contributed by atoms with E-state index >= 15 is 0 Å². The molecule has 1 amide bonds. The zero-order chi connectivity index (χ0) is 17.9. The summed E-state index contributed by atoms with van der Waals surface area (Å²) >= 11 is 0. The van der Waals surface area contributed by atoms with Crippen molar-refractivity contribution in [2.45, 2.75) is 46.8 Å². The third kappa shape index (κ3) is 4.91. The van der Waals surface area contributed by atoms with Gasteiger partial charge in [-0.1, -0.05) is 0 Å². The van der Waals surface area contributed by atoms with Crippen LogP contribution in [0.1, 0.15) is 37.9 Å². The van der Waals surface area contributed by atoms with Crippen LogP contribution in [0, 0.1) is 13.8 Å². The van der Waals surface area contributed by atoms with Crippen LogP contribution in [-0.4, -0.2) is 53.6 Å². The number of rotatable bonds is 2. The highest BCUT2D eigenvalue weighted by Gasteiger charge is 2.26. The Balaban J connectivity index is 1.86.